The predicted octanol–water partition coefficient (Wildman–Crippen LogP) is 3.84. The Morgan fingerprint density at radius 1 is 1.15 bits per heavy atom. The van der Waals surface area contributed by atoms with Gasteiger partial charge < -0.3 is 15.0 Å². The Morgan fingerprint density at radius 3 is 2.48 bits per heavy atom. The first-order valence-corrected chi connectivity index (χ1v) is 9.22. The zero-order chi connectivity index (χ0) is 20.0. The van der Waals surface area contributed by atoms with Crippen molar-refractivity contribution in [2.75, 3.05) is 13.7 Å². The van der Waals surface area contributed by atoms with E-state index in [1.807, 2.05) is 25.1 Å². The average molecular weight is 409 g/mol. The van der Waals surface area contributed by atoms with E-state index < -0.39 is 6.04 Å². The number of halogens is 2. The van der Waals surface area contributed by atoms with Crippen LogP contribution in [0.2, 0.25) is 10.0 Å². The molecular weight excluding hydrogens is 387 g/mol. The summed E-state index contributed by atoms with van der Waals surface area (Å²) in [5, 5.41) is 3.73. The molecular formula is C20H22Cl2N2O3. The quantitative estimate of drug-likeness (QED) is 0.756. The molecule has 0 unspecified atom stereocenters. The van der Waals surface area contributed by atoms with Crippen molar-refractivity contribution in [1.29, 1.82) is 0 Å². The van der Waals surface area contributed by atoms with Crippen molar-refractivity contribution in [3.05, 3.63) is 63.6 Å². The molecule has 0 radical (unpaired) electrons. The van der Waals surface area contributed by atoms with Gasteiger partial charge >= 0.3 is 0 Å². The molecule has 2 aromatic rings. The van der Waals surface area contributed by atoms with Crippen molar-refractivity contribution >= 4 is 35.0 Å². The summed E-state index contributed by atoms with van der Waals surface area (Å²) in [5.74, 6) is -0.0492. The maximum atomic E-state index is 12.8. The lowest BCUT2D eigenvalue weighted by atomic mass is 10.1. The molecule has 27 heavy (non-hydrogen) atoms. The minimum Gasteiger partial charge on any atom is -0.484 e. The lowest BCUT2D eigenvalue weighted by Crippen LogP contribution is -2.48. The maximum Gasteiger partial charge on any atom is 0.261 e. The Hall–Kier alpha value is -2.24. The van der Waals surface area contributed by atoms with Crippen molar-refractivity contribution in [3.8, 4) is 5.75 Å². The molecule has 1 N–H and O–H groups in total. The molecule has 7 heteroatoms. The topological polar surface area (TPSA) is 58.6 Å². The van der Waals surface area contributed by atoms with Crippen LogP contribution < -0.4 is 10.1 Å². The molecule has 2 aromatic carbocycles. The minimum atomic E-state index is -0.672. The summed E-state index contributed by atoms with van der Waals surface area (Å²) in [6, 6.07) is 11.7. The van der Waals surface area contributed by atoms with E-state index in [1.54, 1.807) is 31.2 Å². The first-order valence-electron chi connectivity index (χ1n) is 8.47. The number of rotatable bonds is 7. The monoisotopic (exact) mass is 408 g/mol. The van der Waals surface area contributed by atoms with Crippen molar-refractivity contribution in [3.63, 3.8) is 0 Å². The normalized spacial score (nSPS) is 11.6. The highest BCUT2D eigenvalue weighted by molar-refractivity contribution is 6.31. The average Bonchev–Trinajstić information content (AvgIpc) is 2.66. The molecule has 0 bridgehead atoms. The summed E-state index contributed by atoms with van der Waals surface area (Å²) in [6.45, 7) is 3.53. The van der Waals surface area contributed by atoms with E-state index in [1.165, 1.54) is 11.9 Å². The van der Waals surface area contributed by atoms with Crippen molar-refractivity contribution in [2.24, 2.45) is 0 Å². The van der Waals surface area contributed by atoms with Crippen LogP contribution in [0.5, 0.6) is 5.75 Å². The molecule has 2 amide bonds. The van der Waals surface area contributed by atoms with Gasteiger partial charge in [-0.25, -0.2) is 0 Å². The Labute approximate surface area is 169 Å². The highest BCUT2D eigenvalue weighted by atomic mass is 35.5. The summed E-state index contributed by atoms with van der Waals surface area (Å²) >= 11 is 12.2. The number of nitrogens with one attached hydrogen (secondary N) is 1. The van der Waals surface area contributed by atoms with Gasteiger partial charge in [-0.2, -0.15) is 0 Å². The van der Waals surface area contributed by atoms with Gasteiger partial charge in [-0.1, -0.05) is 41.4 Å². The van der Waals surface area contributed by atoms with Gasteiger partial charge in [0, 0.05) is 23.6 Å². The van der Waals surface area contributed by atoms with Gasteiger partial charge in [0.15, 0.2) is 6.61 Å². The molecule has 0 aliphatic rings. The molecule has 2 rings (SSSR count). The molecule has 0 saturated carbocycles. The van der Waals surface area contributed by atoms with E-state index in [2.05, 4.69) is 5.32 Å². The second-order valence-corrected chi connectivity index (χ2v) is 6.92. The summed E-state index contributed by atoms with van der Waals surface area (Å²) in [4.78, 5) is 26.3. The number of ether oxygens (including phenoxy) is 1. The number of aryl methyl sites for hydroxylation is 1. The Bertz CT molecular complexity index is 827. The SMILES string of the molecule is CNC(=O)[C@@H](C)N(Cc1ccccc1Cl)C(=O)COc1ccc(Cl)c(C)c1. The lowest BCUT2D eigenvalue weighted by molar-refractivity contribution is -0.142. The summed E-state index contributed by atoms with van der Waals surface area (Å²) < 4.78 is 5.60. The number of nitrogens with zero attached hydrogens (tertiary/aromatic N) is 1. The Balaban J connectivity index is 2.16. The fourth-order valence-corrected chi connectivity index (χ4v) is 2.85. The van der Waals surface area contributed by atoms with Crippen LogP contribution in [-0.4, -0.2) is 36.4 Å². The number of likely N-dealkylation sites (N-methyl/N-ethyl adjacent to an activating group) is 1. The van der Waals surface area contributed by atoms with Gasteiger partial charge in [0.2, 0.25) is 5.91 Å². The van der Waals surface area contributed by atoms with Gasteiger partial charge in [-0.3, -0.25) is 9.59 Å². The first-order chi connectivity index (χ1) is 12.8. The smallest absolute Gasteiger partial charge is 0.261 e. The van der Waals surface area contributed by atoms with E-state index in [9.17, 15) is 9.59 Å². The third kappa shape index (κ3) is 5.62. The van der Waals surface area contributed by atoms with Gasteiger partial charge in [0.25, 0.3) is 5.91 Å². The Kier molecular flexibility index (Phi) is 7.51. The van der Waals surface area contributed by atoms with E-state index in [-0.39, 0.29) is 25.0 Å². The number of hydrogen-bond donors (Lipinski definition) is 1. The number of hydrogen-bond acceptors (Lipinski definition) is 3. The minimum absolute atomic E-state index is 0.202. The number of carbonyl (C=O) groups is 2. The third-order valence-electron chi connectivity index (χ3n) is 4.20. The molecule has 144 valence electrons. The van der Waals surface area contributed by atoms with Crippen molar-refractivity contribution in [2.45, 2.75) is 26.4 Å². The molecule has 0 aliphatic carbocycles. The molecule has 0 fully saturated rings. The van der Waals surface area contributed by atoms with Crippen LogP contribution in [-0.2, 0) is 16.1 Å². The van der Waals surface area contributed by atoms with Gasteiger partial charge in [0.1, 0.15) is 11.8 Å². The van der Waals surface area contributed by atoms with Crippen LogP contribution in [0.4, 0.5) is 0 Å². The van der Waals surface area contributed by atoms with Gasteiger partial charge in [0.05, 0.1) is 0 Å². The second kappa shape index (κ2) is 9.62. The highest BCUT2D eigenvalue weighted by Gasteiger charge is 2.26. The van der Waals surface area contributed by atoms with Crippen LogP contribution in [0.15, 0.2) is 42.5 Å². The Morgan fingerprint density at radius 2 is 1.85 bits per heavy atom. The molecule has 0 aliphatic heterocycles. The lowest BCUT2D eigenvalue weighted by Gasteiger charge is -2.28. The highest BCUT2D eigenvalue weighted by Crippen LogP contribution is 2.22. The second-order valence-electron chi connectivity index (χ2n) is 6.10. The fraction of sp³-hybridized carbons (Fsp3) is 0.300. The zero-order valence-electron chi connectivity index (χ0n) is 15.5. The predicted molar refractivity (Wildman–Crippen MR) is 107 cm³/mol. The van der Waals surface area contributed by atoms with E-state index >= 15 is 0 Å². The van der Waals surface area contributed by atoms with Crippen LogP contribution in [0.1, 0.15) is 18.1 Å². The van der Waals surface area contributed by atoms with Gasteiger partial charge in [-0.15, -0.1) is 0 Å². The summed E-state index contributed by atoms with van der Waals surface area (Å²) in [7, 11) is 1.53. The summed E-state index contributed by atoms with van der Waals surface area (Å²) in [6.07, 6.45) is 0. The van der Waals surface area contributed by atoms with E-state index in [4.69, 9.17) is 27.9 Å². The summed E-state index contributed by atoms with van der Waals surface area (Å²) in [5.41, 5.74) is 1.61. The number of benzene rings is 2. The van der Waals surface area contributed by atoms with Crippen LogP contribution >= 0.6 is 23.2 Å². The van der Waals surface area contributed by atoms with Crippen molar-refractivity contribution in [1.82, 2.24) is 10.2 Å². The van der Waals surface area contributed by atoms with Gasteiger partial charge in [-0.05, 0) is 49.2 Å². The fourth-order valence-electron chi connectivity index (χ4n) is 2.54. The first kappa shape index (κ1) is 21.1. The molecule has 0 heterocycles. The number of amides is 2. The van der Waals surface area contributed by atoms with E-state index in [0.717, 1.165) is 11.1 Å². The largest absolute Gasteiger partial charge is 0.484 e. The number of carbonyl (C=O) groups excluding carboxylic acids is 2. The molecule has 0 aromatic heterocycles. The zero-order valence-corrected chi connectivity index (χ0v) is 17.0. The van der Waals surface area contributed by atoms with Crippen LogP contribution in [0, 0.1) is 6.92 Å². The molecule has 5 nitrogen and oxygen atoms in total. The van der Waals surface area contributed by atoms with Crippen LogP contribution in [0.25, 0.3) is 0 Å². The maximum absolute atomic E-state index is 12.8. The van der Waals surface area contributed by atoms with Crippen molar-refractivity contribution < 1.29 is 14.3 Å². The standard InChI is InChI=1S/C20H22Cl2N2O3/c1-13-10-16(8-9-17(13)21)27-12-19(25)24(14(2)20(26)23-3)11-15-6-4-5-7-18(15)22/h4-10,14H,11-12H2,1-3H3,(H,23,26)/t14-/m1/s1. The molecule has 0 saturated heterocycles. The molecule has 1 atom stereocenters. The molecule has 0 spiro atoms. The van der Waals surface area contributed by atoms with Crippen LogP contribution in [0.3, 0.4) is 0 Å². The van der Waals surface area contributed by atoms with E-state index in [0.29, 0.717) is 15.8 Å². The third-order valence-corrected chi connectivity index (χ3v) is 5.00.